The molecule has 2 atom stereocenters. The topological polar surface area (TPSA) is 12.4 Å². The summed E-state index contributed by atoms with van der Waals surface area (Å²) in [4.78, 5) is 4.39. The van der Waals surface area contributed by atoms with E-state index >= 15 is 0 Å². The Kier molecular flexibility index (Phi) is 3.26. The average Bonchev–Trinajstić information content (AvgIpc) is 2.31. The summed E-state index contributed by atoms with van der Waals surface area (Å²) in [5.74, 6) is 0. The molecule has 0 saturated carbocycles. The minimum Gasteiger partial charge on any atom is -0.282 e. The van der Waals surface area contributed by atoms with Crippen molar-refractivity contribution < 1.29 is 0 Å². The van der Waals surface area contributed by atoms with Gasteiger partial charge in [0.05, 0.1) is 5.37 Å². The second kappa shape index (κ2) is 4.02. The van der Waals surface area contributed by atoms with E-state index in [0.29, 0.717) is 10.6 Å². The van der Waals surface area contributed by atoms with Crippen LogP contribution in [0.25, 0.3) is 0 Å². The Morgan fingerprint density at radius 1 is 1.60 bits per heavy atom. The molecule has 10 heavy (non-hydrogen) atoms. The molecule has 0 fully saturated rings. The molecule has 0 spiro atoms. The first kappa shape index (κ1) is 8.12. The Hall–Kier alpha value is 0.0200. The van der Waals surface area contributed by atoms with Crippen LogP contribution in [0, 0.1) is 0 Å². The number of hydrogen-bond donors (Lipinski definition) is 0. The fraction of sp³-hybridized carbons (Fsp3) is 0.875. The Morgan fingerprint density at radius 3 is 2.90 bits per heavy atom. The van der Waals surface area contributed by atoms with Gasteiger partial charge in [0.15, 0.2) is 0 Å². The minimum absolute atomic E-state index is 0.579. The Morgan fingerprint density at radius 2 is 2.40 bits per heavy atom. The van der Waals surface area contributed by atoms with Crippen LogP contribution in [0.5, 0.6) is 0 Å². The molecule has 0 bridgehead atoms. The number of hydrogen-bond acceptors (Lipinski definition) is 2. The lowest BCUT2D eigenvalue weighted by molar-refractivity contribution is 0.705. The normalized spacial score (nSPS) is 31.4. The van der Waals surface area contributed by atoms with Crippen LogP contribution in [0.1, 0.15) is 33.1 Å². The molecular formula is C8H15NS. The molecule has 0 aromatic heterocycles. The molecule has 0 aromatic carbocycles. The van der Waals surface area contributed by atoms with Crippen LogP contribution in [0.4, 0.5) is 0 Å². The Labute approximate surface area is 67.3 Å². The van der Waals surface area contributed by atoms with E-state index in [1.165, 1.54) is 19.3 Å². The molecule has 58 valence electrons. The zero-order chi connectivity index (χ0) is 7.40. The summed E-state index contributed by atoms with van der Waals surface area (Å²) < 4.78 is 0. The monoisotopic (exact) mass is 157 g/mol. The minimum atomic E-state index is 0.579. The molecule has 0 unspecified atom stereocenters. The third-order valence-electron chi connectivity index (χ3n) is 1.64. The van der Waals surface area contributed by atoms with Crippen molar-refractivity contribution in [2.75, 3.05) is 0 Å². The van der Waals surface area contributed by atoms with Crippen molar-refractivity contribution in [1.29, 1.82) is 0 Å². The van der Waals surface area contributed by atoms with Gasteiger partial charge in [-0.15, -0.1) is 11.8 Å². The average molecular weight is 157 g/mol. The zero-order valence-electron chi connectivity index (χ0n) is 6.71. The van der Waals surface area contributed by atoms with Gasteiger partial charge in [0, 0.05) is 11.5 Å². The second-order valence-corrected chi connectivity index (χ2v) is 4.30. The van der Waals surface area contributed by atoms with Crippen LogP contribution < -0.4 is 0 Å². The van der Waals surface area contributed by atoms with Crippen LogP contribution in [-0.4, -0.2) is 16.8 Å². The number of aliphatic imine (C=N–C) groups is 1. The lowest BCUT2D eigenvalue weighted by atomic mass is 10.2. The molecule has 0 aliphatic carbocycles. The smallest absolute Gasteiger partial charge is 0.0954 e. The van der Waals surface area contributed by atoms with Gasteiger partial charge in [0.2, 0.25) is 0 Å². The van der Waals surface area contributed by atoms with Gasteiger partial charge in [-0.25, -0.2) is 0 Å². The standard InChI is InChI=1S/C8H15NS/c1-3-4-5-8-9-6-7(2)10-8/h6-8H,3-5H2,1-2H3/t7-,8+/m0/s1. The number of nitrogens with zero attached hydrogens (tertiary/aromatic N) is 1. The zero-order valence-corrected chi connectivity index (χ0v) is 7.53. The summed E-state index contributed by atoms with van der Waals surface area (Å²) in [6.07, 6.45) is 5.95. The Balaban J connectivity index is 2.14. The molecule has 1 aliphatic rings. The van der Waals surface area contributed by atoms with E-state index in [4.69, 9.17) is 0 Å². The maximum Gasteiger partial charge on any atom is 0.0954 e. The molecule has 1 heterocycles. The summed E-state index contributed by atoms with van der Waals surface area (Å²) in [6, 6.07) is 0. The molecule has 2 heteroatoms. The van der Waals surface area contributed by atoms with Crippen molar-refractivity contribution >= 4 is 18.0 Å². The highest BCUT2D eigenvalue weighted by Crippen LogP contribution is 2.27. The molecule has 0 saturated heterocycles. The van der Waals surface area contributed by atoms with E-state index in [9.17, 15) is 0 Å². The quantitative estimate of drug-likeness (QED) is 0.613. The predicted molar refractivity (Wildman–Crippen MR) is 48.9 cm³/mol. The summed E-state index contributed by atoms with van der Waals surface area (Å²) in [6.45, 7) is 4.44. The molecule has 0 radical (unpaired) electrons. The van der Waals surface area contributed by atoms with Crippen LogP contribution >= 0.6 is 11.8 Å². The largest absolute Gasteiger partial charge is 0.282 e. The first-order valence-corrected chi connectivity index (χ1v) is 4.96. The predicted octanol–water partition coefficient (Wildman–Crippen LogP) is 2.71. The van der Waals surface area contributed by atoms with Crippen molar-refractivity contribution in [3.05, 3.63) is 0 Å². The van der Waals surface area contributed by atoms with Gasteiger partial charge in [0.1, 0.15) is 0 Å². The molecule has 1 aliphatic heterocycles. The van der Waals surface area contributed by atoms with E-state index in [-0.39, 0.29) is 0 Å². The van der Waals surface area contributed by atoms with E-state index in [2.05, 4.69) is 25.1 Å². The van der Waals surface area contributed by atoms with Crippen LogP contribution in [0.15, 0.2) is 4.99 Å². The highest BCUT2D eigenvalue weighted by Gasteiger charge is 2.15. The molecular weight excluding hydrogens is 142 g/mol. The van der Waals surface area contributed by atoms with Gasteiger partial charge in [0.25, 0.3) is 0 Å². The summed E-state index contributed by atoms with van der Waals surface area (Å²) >= 11 is 1.98. The van der Waals surface area contributed by atoms with Crippen molar-refractivity contribution in [3.63, 3.8) is 0 Å². The number of rotatable bonds is 3. The van der Waals surface area contributed by atoms with Gasteiger partial charge in [-0.05, 0) is 13.3 Å². The van der Waals surface area contributed by atoms with Crippen LogP contribution in [0.2, 0.25) is 0 Å². The third-order valence-corrected chi connectivity index (χ3v) is 2.86. The highest BCUT2D eigenvalue weighted by atomic mass is 32.2. The van der Waals surface area contributed by atoms with Crippen molar-refractivity contribution in [1.82, 2.24) is 0 Å². The van der Waals surface area contributed by atoms with Gasteiger partial charge in [-0.1, -0.05) is 19.8 Å². The lowest BCUT2D eigenvalue weighted by Gasteiger charge is -2.04. The molecule has 1 nitrogen and oxygen atoms in total. The summed E-state index contributed by atoms with van der Waals surface area (Å²) in [7, 11) is 0. The van der Waals surface area contributed by atoms with Gasteiger partial charge in [-0.3, -0.25) is 4.99 Å². The Bertz CT molecular complexity index is 122. The highest BCUT2D eigenvalue weighted by molar-refractivity contribution is 8.01. The van der Waals surface area contributed by atoms with E-state index in [1.54, 1.807) is 0 Å². The van der Waals surface area contributed by atoms with Gasteiger partial charge < -0.3 is 0 Å². The van der Waals surface area contributed by atoms with Crippen LogP contribution in [0.3, 0.4) is 0 Å². The maximum absolute atomic E-state index is 4.39. The van der Waals surface area contributed by atoms with Crippen molar-refractivity contribution in [3.8, 4) is 0 Å². The van der Waals surface area contributed by atoms with E-state index < -0.39 is 0 Å². The van der Waals surface area contributed by atoms with Gasteiger partial charge >= 0.3 is 0 Å². The fourth-order valence-electron chi connectivity index (χ4n) is 1.06. The van der Waals surface area contributed by atoms with Gasteiger partial charge in [-0.2, -0.15) is 0 Å². The molecule has 0 amide bonds. The SMILES string of the molecule is CCCC[C@@H]1N=C[C@H](C)S1. The van der Waals surface area contributed by atoms with E-state index in [1.807, 2.05) is 11.8 Å². The van der Waals surface area contributed by atoms with Crippen molar-refractivity contribution in [2.45, 2.75) is 43.7 Å². The first-order valence-electron chi connectivity index (χ1n) is 4.01. The maximum atomic E-state index is 4.39. The van der Waals surface area contributed by atoms with Crippen LogP contribution in [-0.2, 0) is 0 Å². The summed E-state index contributed by atoms with van der Waals surface area (Å²) in [5.41, 5.74) is 0. The summed E-state index contributed by atoms with van der Waals surface area (Å²) in [5, 5.41) is 1.23. The lowest BCUT2D eigenvalue weighted by Crippen LogP contribution is -1.95. The molecule has 0 aromatic rings. The number of thioether (sulfide) groups is 1. The third kappa shape index (κ3) is 2.33. The fourth-order valence-corrected chi connectivity index (χ4v) is 2.14. The molecule has 1 rings (SSSR count). The number of unbranched alkanes of at least 4 members (excludes halogenated alkanes) is 1. The van der Waals surface area contributed by atoms with Crippen molar-refractivity contribution in [2.24, 2.45) is 4.99 Å². The van der Waals surface area contributed by atoms with E-state index in [0.717, 1.165) is 0 Å². The first-order chi connectivity index (χ1) is 4.83. The second-order valence-electron chi connectivity index (χ2n) is 2.74. The molecule has 0 N–H and O–H groups in total.